The number of ether oxygens (including phenoxy) is 1. The summed E-state index contributed by atoms with van der Waals surface area (Å²) in [7, 11) is 3.54. The molecule has 2 aromatic rings. The topological polar surface area (TPSA) is 59.8 Å². The first-order valence-electron chi connectivity index (χ1n) is 8.24. The first kappa shape index (κ1) is 18.7. The summed E-state index contributed by atoms with van der Waals surface area (Å²) in [6.07, 6.45) is 0. The molecule has 1 atom stereocenters. The number of anilines is 1. The van der Waals surface area contributed by atoms with Crippen molar-refractivity contribution in [1.82, 2.24) is 0 Å². The summed E-state index contributed by atoms with van der Waals surface area (Å²) in [5, 5.41) is 2.90. The van der Waals surface area contributed by atoms with E-state index in [-0.39, 0.29) is 11.7 Å². The third kappa shape index (κ3) is 5.43. The molecule has 0 aromatic heterocycles. The van der Waals surface area contributed by atoms with Gasteiger partial charge in [0.2, 0.25) is 0 Å². The van der Waals surface area contributed by atoms with E-state index in [1.165, 1.54) is 6.92 Å². The first-order chi connectivity index (χ1) is 11.9. The predicted molar refractivity (Wildman–Crippen MR) is 98.3 cm³/mol. The number of carbonyl (C=O) groups is 2. The summed E-state index contributed by atoms with van der Waals surface area (Å²) in [6, 6.07) is 13.1. The fourth-order valence-corrected chi connectivity index (χ4v) is 2.64. The summed E-state index contributed by atoms with van der Waals surface area (Å²) >= 11 is 0. The molecule has 0 aliphatic carbocycles. The molecule has 0 bridgehead atoms. The lowest BCUT2D eigenvalue weighted by Crippen LogP contribution is -3.08. The number of ketones is 1. The number of rotatable bonds is 7. The molecule has 0 aliphatic heterocycles. The van der Waals surface area contributed by atoms with Gasteiger partial charge in [-0.2, -0.15) is 0 Å². The van der Waals surface area contributed by atoms with Gasteiger partial charge < -0.3 is 15.0 Å². The van der Waals surface area contributed by atoms with E-state index in [9.17, 15) is 9.59 Å². The molecule has 0 heterocycles. The smallest absolute Gasteiger partial charge is 0.279 e. The van der Waals surface area contributed by atoms with Crippen molar-refractivity contribution in [1.29, 1.82) is 0 Å². The SMILES string of the molecule is COc1ccc(C(C)=O)cc1C[NH+](C)CC(=O)Nc1ccc(C)cc1. The van der Waals surface area contributed by atoms with Gasteiger partial charge in [-0.15, -0.1) is 0 Å². The second-order valence-electron chi connectivity index (χ2n) is 6.31. The summed E-state index contributed by atoms with van der Waals surface area (Å²) in [6.45, 7) is 4.45. The van der Waals surface area contributed by atoms with Crippen molar-refractivity contribution in [3.8, 4) is 5.75 Å². The van der Waals surface area contributed by atoms with Crippen molar-refractivity contribution in [3.05, 3.63) is 59.2 Å². The summed E-state index contributed by atoms with van der Waals surface area (Å²) in [5.41, 5.74) is 3.50. The van der Waals surface area contributed by atoms with E-state index < -0.39 is 0 Å². The van der Waals surface area contributed by atoms with E-state index in [4.69, 9.17) is 4.74 Å². The molecule has 5 heteroatoms. The number of hydrogen-bond acceptors (Lipinski definition) is 3. The molecule has 2 rings (SSSR count). The van der Waals surface area contributed by atoms with Crippen LogP contribution >= 0.6 is 0 Å². The minimum Gasteiger partial charge on any atom is -0.496 e. The van der Waals surface area contributed by atoms with Crippen LogP contribution in [0.2, 0.25) is 0 Å². The number of benzene rings is 2. The number of Topliss-reactive ketones (excluding diaryl/α,β-unsaturated/α-hetero) is 1. The fourth-order valence-electron chi connectivity index (χ4n) is 2.64. The maximum absolute atomic E-state index is 12.2. The number of carbonyl (C=O) groups excluding carboxylic acids is 2. The monoisotopic (exact) mass is 341 g/mol. The lowest BCUT2D eigenvalue weighted by molar-refractivity contribution is -0.885. The van der Waals surface area contributed by atoms with Gasteiger partial charge >= 0.3 is 0 Å². The molecule has 0 aliphatic rings. The zero-order chi connectivity index (χ0) is 18.4. The zero-order valence-corrected chi connectivity index (χ0v) is 15.2. The van der Waals surface area contributed by atoms with Crippen molar-refractivity contribution in [3.63, 3.8) is 0 Å². The maximum Gasteiger partial charge on any atom is 0.279 e. The van der Waals surface area contributed by atoms with E-state index in [0.717, 1.165) is 27.5 Å². The standard InChI is InChI=1S/C20H24N2O3/c1-14-5-8-18(9-6-14)21-20(24)13-22(3)12-17-11-16(15(2)23)7-10-19(17)25-4/h5-11H,12-13H2,1-4H3,(H,21,24)/p+1. The Morgan fingerprint density at radius 3 is 2.40 bits per heavy atom. The Balaban J connectivity index is 2.00. The van der Waals surface area contributed by atoms with Crippen LogP contribution in [0.4, 0.5) is 5.69 Å². The molecule has 0 saturated carbocycles. The van der Waals surface area contributed by atoms with Gasteiger partial charge in [0.05, 0.1) is 14.2 Å². The molecule has 1 unspecified atom stereocenters. The molecule has 5 nitrogen and oxygen atoms in total. The quantitative estimate of drug-likeness (QED) is 0.756. The van der Waals surface area contributed by atoms with Gasteiger partial charge in [0, 0.05) is 16.8 Å². The van der Waals surface area contributed by atoms with Gasteiger partial charge in [0.25, 0.3) is 5.91 Å². The Kier molecular flexibility index (Phi) is 6.31. The third-order valence-corrected chi connectivity index (χ3v) is 3.98. The largest absolute Gasteiger partial charge is 0.496 e. The van der Waals surface area contributed by atoms with E-state index in [1.54, 1.807) is 19.2 Å². The summed E-state index contributed by atoms with van der Waals surface area (Å²) in [5.74, 6) is 0.685. The molecular formula is C20H25N2O3+. The molecule has 0 spiro atoms. The van der Waals surface area contributed by atoms with Gasteiger partial charge in [-0.1, -0.05) is 17.7 Å². The second-order valence-corrected chi connectivity index (χ2v) is 6.31. The van der Waals surface area contributed by atoms with E-state index >= 15 is 0 Å². The fraction of sp³-hybridized carbons (Fsp3) is 0.300. The Morgan fingerprint density at radius 2 is 1.80 bits per heavy atom. The second kappa shape index (κ2) is 8.44. The van der Waals surface area contributed by atoms with E-state index in [1.807, 2.05) is 44.3 Å². The van der Waals surface area contributed by atoms with Crippen LogP contribution in [0.15, 0.2) is 42.5 Å². The van der Waals surface area contributed by atoms with E-state index in [2.05, 4.69) is 5.32 Å². The van der Waals surface area contributed by atoms with Gasteiger partial charge in [0.1, 0.15) is 12.3 Å². The highest BCUT2D eigenvalue weighted by molar-refractivity contribution is 5.94. The van der Waals surface area contributed by atoms with Crippen molar-refractivity contribution in [2.45, 2.75) is 20.4 Å². The Bertz CT molecular complexity index is 754. The normalized spacial score (nSPS) is 11.7. The van der Waals surface area contributed by atoms with Crippen LogP contribution in [-0.2, 0) is 11.3 Å². The van der Waals surface area contributed by atoms with Crippen LogP contribution in [0.3, 0.4) is 0 Å². The van der Waals surface area contributed by atoms with Crippen LogP contribution < -0.4 is 15.0 Å². The number of likely N-dealkylation sites (N-methyl/N-ethyl adjacent to an activating group) is 1. The molecule has 1 amide bonds. The Hall–Kier alpha value is -2.66. The number of quaternary nitrogens is 1. The minimum atomic E-state index is -0.0527. The maximum atomic E-state index is 12.2. The number of methoxy groups -OCH3 is 1. The lowest BCUT2D eigenvalue weighted by Gasteiger charge is -2.16. The van der Waals surface area contributed by atoms with Crippen molar-refractivity contribution in [2.75, 3.05) is 26.0 Å². The third-order valence-electron chi connectivity index (χ3n) is 3.98. The van der Waals surface area contributed by atoms with Crippen LogP contribution in [0, 0.1) is 6.92 Å². The zero-order valence-electron chi connectivity index (χ0n) is 15.2. The number of amides is 1. The molecule has 2 N–H and O–H groups in total. The summed E-state index contributed by atoms with van der Waals surface area (Å²) in [4.78, 5) is 24.8. The lowest BCUT2D eigenvalue weighted by atomic mass is 10.1. The van der Waals surface area contributed by atoms with Gasteiger partial charge in [0.15, 0.2) is 12.3 Å². The number of aryl methyl sites for hydroxylation is 1. The molecule has 0 radical (unpaired) electrons. The Labute approximate surface area is 148 Å². The Morgan fingerprint density at radius 1 is 1.12 bits per heavy atom. The average molecular weight is 341 g/mol. The van der Waals surface area contributed by atoms with Gasteiger partial charge in [-0.3, -0.25) is 9.59 Å². The minimum absolute atomic E-state index is 0.0127. The molecule has 25 heavy (non-hydrogen) atoms. The van der Waals surface area contributed by atoms with Crippen LogP contribution in [0.1, 0.15) is 28.4 Å². The van der Waals surface area contributed by atoms with E-state index in [0.29, 0.717) is 18.7 Å². The highest BCUT2D eigenvalue weighted by atomic mass is 16.5. The first-order valence-corrected chi connectivity index (χ1v) is 8.24. The molecular weight excluding hydrogens is 316 g/mol. The highest BCUT2D eigenvalue weighted by Crippen LogP contribution is 2.19. The molecule has 0 saturated heterocycles. The molecule has 132 valence electrons. The van der Waals surface area contributed by atoms with Gasteiger partial charge in [-0.25, -0.2) is 0 Å². The molecule has 0 fully saturated rings. The average Bonchev–Trinajstić information content (AvgIpc) is 2.56. The summed E-state index contributed by atoms with van der Waals surface area (Å²) < 4.78 is 5.37. The molecule has 2 aromatic carbocycles. The number of hydrogen-bond donors (Lipinski definition) is 2. The number of nitrogens with one attached hydrogen (secondary N) is 2. The predicted octanol–water partition coefficient (Wildman–Crippen LogP) is 1.86. The van der Waals surface area contributed by atoms with Crippen LogP contribution in [0.5, 0.6) is 5.75 Å². The van der Waals surface area contributed by atoms with Crippen molar-refractivity contribution >= 4 is 17.4 Å². The van der Waals surface area contributed by atoms with Crippen LogP contribution in [-0.4, -0.2) is 32.4 Å². The van der Waals surface area contributed by atoms with Crippen molar-refractivity contribution < 1.29 is 19.2 Å². The van der Waals surface area contributed by atoms with Gasteiger partial charge in [-0.05, 0) is 44.2 Å². The van der Waals surface area contributed by atoms with Crippen molar-refractivity contribution in [2.24, 2.45) is 0 Å². The van der Waals surface area contributed by atoms with Crippen LogP contribution in [0.25, 0.3) is 0 Å². The highest BCUT2D eigenvalue weighted by Gasteiger charge is 2.15.